The fourth-order valence-corrected chi connectivity index (χ4v) is 6.27. The van der Waals surface area contributed by atoms with E-state index in [9.17, 15) is 14.4 Å². The molecule has 2 amide bonds. The van der Waals surface area contributed by atoms with Crippen molar-refractivity contribution in [2.24, 2.45) is 16.7 Å². The van der Waals surface area contributed by atoms with E-state index in [-0.39, 0.29) is 47.1 Å². The second-order valence-electron chi connectivity index (χ2n) is 13.8. The molecule has 1 N–H and O–H groups in total. The lowest BCUT2D eigenvalue weighted by Crippen LogP contribution is -2.53. The van der Waals surface area contributed by atoms with Crippen LogP contribution in [0.2, 0.25) is 0 Å². The average molecular weight is 541 g/mol. The van der Waals surface area contributed by atoms with Gasteiger partial charge in [-0.2, -0.15) is 0 Å². The minimum Gasteiger partial charge on any atom is -0.369 e. The topological polar surface area (TPSA) is 82.2 Å². The predicted molar refractivity (Wildman–Crippen MR) is 154 cm³/mol. The maximum Gasteiger partial charge on any atom is 0.251 e. The largest absolute Gasteiger partial charge is 0.369 e. The summed E-state index contributed by atoms with van der Waals surface area (Å²) in [4.78, 5) is 46.7. The van der Waals surface area contributed by atoms with Gasteiger partial charge in [0, 0.05) is 49.9 Å². The number of hydrogen-bond donors (Lipinski definition) is 1. The molecule has 1 aromatic rings. The minimum atomic E-state index is -0.725. The number of likely N-dealkylation sites (tertiary alicyclic amines) is 1. The van der Waals surface area contributed by atoms with E-state index in [0.29, 0.717) is 18.5 Å². The highest BCUT2D eigenvalue weighted by Gasteiger charge is 2.56. The van der Waals surface area contributed by atoms with Gasteiger partial charge in [0.1, 0.15) is 18.7 Å². The maximum absolute atomic E-state index is 14.0. The predicted octanol–water partition coefficient (Wildman–Crippen LogP) is 3.59. The van der Waals surface area contributed by atoms with Crippen molar-refractivity contribution in [1.82, 2.24) is 15.1 Å². The number of anilines is 1. The Kier molecular flexibility index (Phi) is 8.76. The van der Waals surface area contributed by atoms with E-state index in [4.69, 9.17) is 4.74 Å². The van der Waals surface area contributed by atoms with Crippen LogP contribution in [-0.4, -0.2) is 91.5 Å². The number of ketones is 1. The van der Waals surface area contributed by atoms with Crippen molar-refractivity contribution in [3.8, 4) is 0 Å². The number of benzene rings is 1. The summed E-state index contributed by atoms with van der Waals surface area (Å²) >= 11 is 0. The number of rotatable bonds is 7. The van der Waals surface area contributed by atoms with Crippen molar-refractivity contribution in [2.45, 2.75) is 79.5 Å². The number of nitrogens with one attached hydrogen (secondary N) is 1. The fourth-order valence-electron chi connectivity index (χ4n) is 6.27. The average Bonchev–Trinajstić information content (AvgIpc) is 3.44. The van der Waals surface area contributed by atoms with Crippen LogP contribution in [0.25, 0.3) is 0 Å². The Morgan fingerprint density at radius 1 is 1.03 bits per heavy atom. The van der Waals surface area contributed by atoms with E-state index in [2.05, 4.69) is 63.6 Å². The molecule has 3 saturated heterocycles. The first kappa shape index (κ1) is 29.5. The lowest BCUT2D eigenvalue weighted by molar-refractivity contribution is -0.138. The van der Waals surface area contributed by atoms with Crippen LogP contribution < -0.4 is 10.2 Å². The molecule has 3 fully saturated rings. The first-order chi connectivity index (χ1) is 18.3. The number of piperazine rings is 1. The third-order valence-corrected chi connectivity index (χ3v) is 8.41. The summed E-state index contributed by atoms with van der Waals surface area (Å²) in [6.45, 7) is 20.4. The van der Waals surface area contributed by atoms with Gasteiger partial charge in [-0.25, -0.2) is 0 Å². The van der Waals surface area contributed by atoms with E-state index in [0.717, 1.165) is 38.4 Å². The molecule has 0 aromatic heterocycles. The van der Waals surface area contributed by atoms with Crippen molar-refractivity contribution in [3.05, 3.63) is 29.8 Å². The molecule has 3 aliphatic rings. The molecule has 0 spiro atoms. The third-order valence-electron chi connectivity index (χ3n) is 8.41. The molecule has 39 heavy (non-hydrogen) atoms. The smallest absolute Gasteiger partial charge is 0.251 e. The quantitative estimate of drug-likeness (QED) is 0.569. The highest BCUT2D eigenvalue weighted by molar-refractivity contribution is 5.99. The lowest BCUT2D eigenvalue weighted by Gasteiger charge is -2.36. The molecule has 1 aromatic carbocycles. The van der Waals surface area contributed by atoms with Crippen LogP contribution in [0.15, 0.2) is 24.3 Å². The first-order valence-corrected chi connectivity index (χ1v) is 14.6. The highest BCUT2D eigenvalue weighted by atomic mass is 16.5. The number of hydrogen-bond acceptors (Lipinski definition) is 6. The van der Waals surface area contributed by atoms with E-state index in [1.54, 1.807) is 4.90 Å². The highest BCUT2D eigenvalue weighted by Crippen LogP contribution is 2.42. The van der Waals surface area contributed by atoms with Crippen LogP contribution >= 0.6 is 0 Å². The molecule has 4 rings (SSSR count). The van der Waals surface area contributed by atoms with Gasteiger partial charge in [0.2, 0.25) is 5.91 Å². The fraction of sp³-hybridized carbons (Fsp3) is 0.710. The maximum atomic E-state index is 14.0. The zero-order valence-electron chi connectivity index (χ0n) is 25.0. The van der Waals surface area contributed by atoms with Gasteiger partial charge in [-0.05, 0) is 54.5 Å². The molecule has 4 atom stereocenters. The number of nitrogens with zero attached hydrogens (tertiary/aromatic N) is 3. The summed E-state index contributed by atoms with van der Waals surface area (Å²) in [6.07, 6.45) is 1.35. The van der Waals surface area contributed by atoms with Gasteiger partial charge >= 0.3 is 0 Å². The van der Waals surface area contributed by atoms with Crippen LogP contribution in [0, 0.1) is 16.7 Å². The molecule has 0 unspecified atom stereocenters. The number of carbonyl (C=O) groups excluding carboxylic acids is 3. The Labute approximate surface area is 234 Å². The van der Waals surface area contributed by atoms with Gasteiger partial charge in [0.15, 0.2) is 5.78 Å². The first-order valence-electron chi connectivity index (χ1n) is 14.6. The Morgan fingerprint density at radius 3 is 2.23 bits per heavy atom. The molecular weight excluding hydrogens is 492 g/mol. The molecule has 0 radical (unpaired) electrons. The molecule has 8 nitrogen and oxygen atoms in total. The third kappa shape index (κ3) is 6.83. The van der Waals surface area contributed by atoms with E-state index < -0.39 is 12.1 Å². The molecule has 0 bridgehead atoms. The Bertz CT molecular complexity index is 1030. The minimum absolute atomic E-state index is 0.0436. The Hall–Kier alpha value is -2.45. The van der Waals surface area contributed by atoms with E-state index in [1.165, 1.54) is 6.42 Å². The molecule has 3 aliphatic heterocycles. The second-order valence-corrected chi connectivity index (χ2v) is 13.8. The number of ether oxygens (including phenoxy) is 1. The van der Waals surface area contributed by atoms with Gasteiger partial charge in [-0.15, -0.1) is 0 Å². The van der Waals surface area contributed by atoms with Crippen molar-refractivity contribution in [3.63, 3.8) is 0 Å². The summed E-state index contributed by atoms with van der Waals surface area (Å²) < 4.78 is 5.88. The van der Waals surface area contributed by atoms with Gasteiger partial charge in [-0.3, -0.25) is 19.3 Å². The van der Waals surface area contributed by atoms with Crippen LogP contribution in [0.4, 0.5) is 5.69 Å². The number of amides is 2. The zero-order valence-corrected chi connectivity index (χ0v) is 25.0. The summed E-state index contributed by atoms with van der Waals surface area (Å²) in [5.74, 6) is -0.457. The molecule has 0 aliphatic carbocycles. The second kappa shape index (κ2) is 11.6. The van der Waals surface area contributed by atoms with E-state index in [1.807, 2.05) is 24.3 Å². The van der Waals surface area contributed by atoms with Crippen molar-refractivity contribution in [2.75, 3.05) is 50.8 Å². The van der Waals surface area contributed by atoms with Crippen LogP contribution in [0.3, 0.4) is 0 Å². The SMILES string of the molecule is CCCN1CCN(c2ccc(C(=O)N[C@@H](CC(C)(C)C)C(=O)N3C[C@@H](C(C)(C)C)[C@H]4OCC(=O)[C@H]43)cc2)CC1. The molecule has 8 heteroatoms. The van der Waals surface area contributed by atoms with Crippen molar-refractivity contribution in [1.29, 1.82) is 0 Å². The van der Waals surface area contributed by atoms with Crippen LogP contribution in [0.1, 0.15) is 71.7 Å². The summed E-state index contributed by atoms with van der Waals surface area (Å²) in [7, 11) is 0. The Balaban J connectivity index is 1.47. The lowest BCUT2D eigenvalue weighted by atomic mass is 9.78. The number of fused-ring (bicyclic) bond motifs is 1. The van der Waals surface area contributed by atoms with Gasteiger partial charge < -0.3 is 19.9 Å². The molecule has 216 valence electrons. The summed E-state index contributed by atoms with van der Waals surface area (Å²) in [5, 5.41) is 3.03. The van der Waals surface area contributed by atoms with Crippen molar-refractivity contribution < 1.29 is 19.1 Å². The standard InChI is InChI=1S/C31H48N4O4/c1-8-13-33-14-16-34(17-15-33)22-11-9-21(10-12-22)28(37)32-24(18-30(2,3)4)29(38)35-19-23(31(5,6)7)27-26(35)25(36)20-39-27/h9-12,23-24,26-27H,8,13-20H2,1-7H3,(H,32,37)/t23-,24+,26-,27-/m1/s1. The van der Waals surface area contributed by atoms with Gasteiger partial charge in [0.25, 0.3) is 5.91 Å². The molecule has 0 saturated carbocycles. The van der Waals surface area contributed by atoms with Crippen LogP contribution in [-0.2, 0) is 14.3 Å². The van der Waals surface area contributed by atoms with Crippen molar-refractivity contribution >= 4 is 23.3 Å². The normalized spacial score (nSPS) is 25.1. The molecular formula is C31H48N4O4. The Morgan fingerprint density at radius 2 is 1.67 bits per heavy atom. The number of Topliss-reactive ketones (excluding diaryl/α,β-unsaturated/α-hetero) is 1. The monoisotopic (exact) mass is 540 g/mol. The summed E-state index contributed by atoms with van der Waals surface area (Å²) in [5.41, 5.74) is 1.33. The zero-order chi connectivity index (χ0) is 28.5. The molecule has 3 heterocycles. The summed E-state index contributed by atoms with van der Waals surface area (Å²) in [6, 6.07) is 6.39. The van der Waals surface area contributed by atoms with Crippen LogP contribution in [0.5, 0.6) is 0 Å². The number of carbonyl (C=O) groups is 3. The van der Waals surface area contributed by atoms with Gasteiger partial charge in [-0.1, -0.05) is 48.5 Å². The van der Waals surface area contributed by atoms with Gasteiger partial charge in [0.05, 0.1) is 6.10 Å². The van der Waals surface area contributed by atoms with E-state index >= 15 is 0 Å².